The summed E-state index contributed by atoms with van der Waals surface area (Å²) >= 11 is 1.15. The molecule has 212 valence electrons. The van der Waals surface area contributed by atoms with Crippen molar-refractivity contribution in [1.82, 2.24) is 29.0 Å². The van der Waals surface area contributed by atoms with Crippen molar-refractivity contribution in [2.24, 2.45) is 0 Å². The van der Waals surface area contributed by atoms with Crippen molar-refractivity contribution in [3.05, 3.63) is 68.4 Å². The van der Waals surface area contributed by atoms with E-state index in [1.165, 1.54) is 47.1 Å². The Morgan fingerprint density at radius 1 is 1.18 bits per heavy atom. The van der Waals surface area contributed by atoms with Gasteiger partial charge in [-0.05, 0) is 38.0 Å². The number of aliphatic hydroxyl groups excluding tert-OH is 1. The second-order valence-electron chi connectivity index (χ2n) is 9.37. The Morgan fingerprint density at radius 2 is 1.90 bits per heavy atom. The molecule has 1 atom stereocenters. The molecule has 0 spiro atoms. The first-order chi connectivity index (χ1) is 19.3. The number of methoxy groups -OCH3 is 1. The Labute approximate surface area is 231 Å². The number of thiophene rings is 1. The maximum absolute atomic E-state index is 14.3. The topological polar surface area (TPSA) is 134 Å². The van der Waals surface area contributed by atoms with E-state index in [0.29, 0.717) is 39.8 Å². The van der Waals surface area contributed by atoms with Gasteiger partial charge in [-0.15, -0.1) is 4.80 Å². The van der Waals surface area contributed by atoms with Crippen LogP contribution in [0.3, 0.4) is 0 Å². The summed E-state index contributed by atoms with van der Waals surface area (Å²) in [4.78, 5) is 44.0. The van der Waals surface area contributed by atoms with Crippen LogP contribution in [-0.4, -0.2) is 73.5 Å². The molecule has 1 saturated heterocycles. The van der Waals surface area contributed by atoms with Crippen molar-refractivity contribution in [3.63, 3.8) is 0 Å². The fraction of sp³-hybridized carbons (Fsp3) is 0.423. The van der Waals surface area contributed by atoms with Crippen LogP contribution in [0.15, 0.2) is 40.2 Å². The molecule has 12 nitrogen and oxygen atoms in total. The quantitative estimate of drug-likeness (QED) is 0.303. The van der Waals surface area contributed by atoms with Crippen molar-refractivity contribution in [2.75, 3.05) is 33.4 Å². The third-order valence-corrected chi connectivity index (χ3v) is 8.20. The second-order valence-corrected chi connectivity index (χ2v) is 10.4. The number of aliphatic hydroxyl groups is 1. The third-order valence-electron chi connectivity index (χ3n) is 6.92. The van der Waals surface area contributed by atoms with Crippen LogP contribution in [0, 0.1) is 12.7 Å². The standard InChI is InChI=1S/C26H29FN6O6S/c1-16-22-23(36)31(15-21(35)30-9-3-4-10-30)26(37)32(25(22)40-24(16)33-28-7-8-29-33)14-20(39-12-11-34)18-13-17(27)5-6-19(18)38-2/h5-8,13,20,34H,3-4,9-12,14-15H2,1-2H3/t20-/m0/s1. The molecule has 1 N–H and O–H groups in total. The first-order valence-corrected chi connectivity index (χ1v) is 13.6. The van der Waals surface area contributed by atoms with Crippen LogP contribution >= 0.6 is 11.3 Å². The van der Waals surface area contributed by atoms with E-state index in [0.717, 1.165) is 28.7 Å². The molecule has 0 unspecified atom stereocenters. The summed E-state index contributed by atoms with van der Waals surface area (Å²) in [6.07, 6.45) is 3.80. The van der Waals surface area contributed by atoms with Gasteiger partial charge in [0.2, 0.25) is 5.91 Å². The monoisotopic (exact) mass is 572 g/mol. The summed E-state index contributed by atoms with van der Waals surface area (Å²) in [5.74, 6) is -0.523. The average Bonchev–Trinajstić information content (AvgIpc) is 3.72. The Bertz CT molecular complexity index is 1640. The van der Waals surface area contributed by atoms with Crippen LogP contribution in [0.4, 0.5) is 4.39 Å². The smallest absolute Gasteiger partial charge is 0.332 e. The largest absolute Gasteiger partial charge is 0.496 e. The van der Waals surface area contributed by atoms with Gasteiger partial charge in [-0.2, -0.15) is 10.2 Å². The SMILES string of the molecule is COc1ccc(F)cc1[C@H](Cn1c(=O)n(CC(=O)N2CCCC2)c(=O)c2c(C)c(-n3nccn3)sc21)OCCO. The highest BCUT2D eigenvalue weighted by molar-refractivity contribution is 7.21. The number of carbonyl (C=O) groups excluding carboxylic acids is 1. The molecule has 5 rings (SSSR count). The highest BCUT2D eigenvalue weighted by atomic mass is 32.1. The van der Waals surface area contributed by atoms with Gasteiger partial charge in [-0.25, -0.2) is 9.18 Å². The van der Waals surface area contributed by atoms with Gasteiger partial charge in [-0.1, -0.05) is 11.3 Å². The van der Waals surface area contributed by atoms with E-state index >= 15 is 0 Å². The Morgan fingerprint density at radius 3 is 2.58 bits per heavy atom. The van der Waals surface area contributed by atoms with E-state index in [-0.39, 0.29) is 31.1 Å². The number of nitrogens with zero attached hydrogens (tertiary/aromatic N) is 6. The van der Waals surface area contributed by atoms with Gasteiger partial charge in [0.1, 0.15) is 34.0 Å². The van der Waals surface area contributed by atoms with Gasteiger partial charge in [0.25, 0.3) is 5.56 Å². The fourth-order valence-electron chi connectivity index (χ4n) is 4.95. The molecule has 0 radical (unpaired) electrons. The molecule has 40 heavy (non-hydrogen) atoms. The molecule has 1 aliphatic rings. The number of carbonyl (C=O) groups is 1. The number of halogens is 1. The number of ether oxygens (including phenoxy) is 2. The molecule has 14 heteroatoms. The lowest BCUT2D eigenvalue weighted by molar-refractivity contribution is -0.130. The van der Waals surface area contributed by atoms with Gasteiger partial charge in [0, 0.05) is 24.2 Å². The summed E-state index contributed by atoms with van der Waals surface area (Å²) in [6.45, 7) is 1.91. The second kappa shape index (κ2) is 11.7. The van der Waals surface area contributed by atoms with E-state index < -0.39 is 29.7 Å². The minimum Gasteiger partial charge on any atom is -0.496 e. The number of benzene rings is 1. The van der Waals surface area contributed by atoms with Crippen LogP contribution in [0.2, 0.25) is 0 Å². The molecule has 4 heterocycles. The van der Waals surface area contributed by atoms with E-state index in [9.17, 15) is 23.9 Å². The van der Waals surface area contributed by atoms with Crippen LogP contribution < -0.4 is 16.0 Å². The molecule has 1 aromatic carbocycles. The number of rotatable bonds is 10. The molecule has 1 amide bonds. The Kier molecular flexibility index (Phi) is 8.09. The van der Waals surface area contributed by atoms with Crippen LogP contribution in [0.5, 0.6) is 5.75 Å². The summed E-state index contributed by atoms with van der Waals surface area (Å²) in [5.41, 5.74) is -0.427. The van der Waals surface area contributed by atoms with Gasteiger partial charge < -0.3 is 19.5 Å². The van der Waals surface area contributed by atoms with Gasteiger partial charge in [0.15, 0.2) is 0 Å². The molecule has 3 aromatic heterocycles. The Balaban J connectivity index is 1.70. The summed E-state index contributed by atoms with van der Waals surface area (Å²) in [6, 6.07) is 3.94. The lowest BCUT2D eigenvalue weighted by atomic mass is 10.1. The number of fused-ring (bicyclic) bond motifs is 1. The molecule has 0 saturated carbocycles. The number of hydrogen-bond donors (Lipinski definition) is 1. The number of likely N-dealkylation sites (tertiary alicyclic amines) is 1. The number of hydrogen-bond acceptors (Lipinski definition) is 9. The van der Waals surface area contributed by atoms with Crippen LogP contribution in [-0.2, 0) is 22.6 Å². The van der Waals surface area contributed by atoms with E-state index in [2.05, 4.69) is 10.2 Å². The number of amides is 1. The highest BCUT2D eigenvalue weighted by Gasteiger charge is 2.27. The van der Waals surface area contributed by atoms with Crippen LogP contribution in [0.25, 0.3) is 15.2 Å². The minimum atomic E-state index is -0.937. The summed E-state index contributed by atoms with van der Waals surface area (Å²) in [7, 11) is 1.43. The zero-order valence-electron chi connectivity index (χ0n) is 22.1. The van der Waals surface area contributed by atoms with Gasteiger partial charge in [0.05, 0.1) is 44.6 Å². The lowest BCUT2D eigenvalue weighted by Gasteiger charge is -2.22. The van der Waals surface area contributed by atoms with Gasteiger partial charge in [-0.3, -0.25) is 18.7 Å². The minimum absolute atomic E-state index is 0.0960. The van der Waals surface area contributed by atoms with Crippen molar-refractivity contribution >= 4 is 27.5 Å². The predicted octanol–water partition coefficient (Wildman–Crippen LogP) is 1.63. The average molecular weight is 573 g/mol. The molecule has 4 aromatic rings. The number of aryl methyl sites for hydroxylation is 1. The van der Waals surface area contributed by atoms with E-state index in [1.54, 1.807) is 11.8 Å². The molecule has 0 aliphatic carbocycles. The van der Waals surface area contributed by atoms with Gasteiger partial charge >= 0.3 is 5.69 Å². The van der Waals surface area contributed by atoms with Crippen molar-refractivity contribution in [3.8, 4) is 10.8 Å². The number of aromatic nitrogens is 5. The van der Waals surface area contributed by atoms with Crippen molar-refractivity contribution in [2.45, 2.75) is 39.0 Å². The van der Waals surface area contributed by atoms with Crippen LogP contribution in [0.1, 0.15) is 30.1 Å². The van der Waals surface area contributed by atoms with E-state index in [4.69, 9.17) is 9.47 Å². The van der Waals surface area contributed by atoms with Crippen molar-refractivity contribution in [1.29, 1.82) is 0 Å². The summed E-state index contributed by atoms with van der Waals surface area (Å²) in [5, 5.41) is 18.6. The summed E-state index contributed by atoms with van der Waals surface area (Å²) < 4.78 is 27.9. The zero-order valence-corrected chi connectivity index (χ0v) is 22.9. The third kappa shape index (κ3) is 5.17. The molecule has 1 fully saturated rings. The normalized spacial score (nSPS) is 14.2. The Hall–Kier alpha value is -3.88. The molecule has 1 aliphatic heterocycles. The lowest BCUT2D eigenvalue weighted by Crippen LogP contribution is -2.44. The molecular weight excluding hydrogens is 543 g/mol. The highest BCUT2D eigenvalue weighted by Crippen LogP contribution is 2.33. The van der Waals surface area contributed by atoms with E-state index in [1.807, 2.05) is 0 Å². The first-order valence-electron chi connectivity index (χ1n) is 12.8. The predicted molar refractivity (Wildman–Crippen MR) is 145 cm³/mol. The molecule has 0 bridgehead atoms. The van der Waals surface area contributed by atoms with Crippen molar-refractivity contribution < 1.29 is 23.8 Å². The maximum atomic E-state index is 14.3. The zero-order chi connectivity index (χ0) is 28.4. The fourth-order valence-corrected chi connectivity index (χ4v) is 6.17. The molecular formula is C26H29FN6O6S. The first kappa shape index (κ1) is 27.7. The maximum Gasteiger partial charge on any atom is 0.332 e.